The highest BCUT2D eigenvalue weighted by atomic mass is 16.1. The summed E-state index contributed by atoms with van der Waals surface area (Å²) in [6.45, 7) is 0.669. The van der Waals surface area contributed by atoms with Gasteiger partial charge in [-0.3, -0.25) is 4.79 Å². The third-order valence-corrected chi connectivity index (χ3v) is 3.80. The second kappa shape index (κ2) is 7.90. The Morgan fingerprint density at radius 1 is 1.08 bits per heavy atom. The summed E-state index contributed by atoms with van der Waals surface area (Å²) in [5, 5.41) is 11.8. The second-order valence-electron chi connectivity index (χ2n) is 5.72. The molecular formula is C20H17N5O. The minimum Gasteiger partial charge on any atom is -0.340 e. The Bertz CT molecular complexity index is 932. The summed E-state index contributed by atoms with van der Waals surface area (Å²) >= 11 is 0. The summed E-state index contributed by atoms with van der Waals surface area (Å²) in [5.41, 5.74) is 2.34. The van der Waals surface area contributed by atoms with Crippen LogP contribution in [0, 0.1) is 11.3 Å². The van der Waals surface area contributed by atoms with E-state index in [1.807, 2.05) is 48.3 Å². The second-order valence-corrected chi connectivity index (χ2v) is 5.72. The van der Waals surface area contributed by atoms with Gasteiger partial charge in [-0.25, -0.2) is 9.97 Å². The number of amides is 1. The van der Waals surface area contributed by atoms with Gasteiger partial charge in [0.15, 0.2) is 0 Å². The third kappa shape index (κ3) is 4.02. The Morgan fingerprint density at radius 2 is 1.73 bits per heavy atom. The summed E-state index contributed by atoms with van der Waals surface area (Å²) < 4.78 is 0. The molecule has 1 amide bonds. The average molecular weight is 343 g/mol. The molecule has 6 nitrogen and oxygen atoms in total. The van der Waals surface area contributed by atoms with Crippen LogP contribution in [0.5, 0.6) is 0 Å². The van der Waals surface area contributed by atoms with Crippen LogP contribution in [0.4, 0.5) is 11.6 Å². The number of nitriles is 1. The number of carbonyl (C=O) groups is 1. The Hall–Kier alpha value is -3.72. The Balaban J connectivity index is 1.69. The minimum absolute atomic E-state index is 0.328. The van der Waals surface area contributed by atoms with E-state index in [-0.39, 0.29) is 5.91 Å². The van der Waals surface area contributed by atoms with Crippen molar-refractivity contribution in [1.82, 2.24) is 9.97 Å². The van der Waals surface area contributed by atoms with Gasteiger partial charge in [0, 0.05) is 26.0 Å². The maximum Gasteiger partial charge on any atom is 0.258 e. The molecule has 0 aliphatic rings. The van der Waals surface area contributed by atoms with Crippen molar-refractivity contribution >= 4 is 17.5 Å². The zero-order chi connectivity index (χ0) is 18.4. The van der Waals surface area contributed by atoms with Gasteiger partial charge < -0.3 is 10.2 Å². The number of benzene rings is 2. The van der Waals surface area contributed by atoms with Crippen molar-refractivity contribution in [2.45, 2.75) is 6.54 Å². The standard InChI is InChI=1S/C20H17N5O/c1-25(14-15-7-3-2-4-8-15)20-22-12-17(13-23-20)19(26)24-18-10-6-5-9-16(18)11-21/h2-10,12-13H,14H2,1H3,(H,24,26). The van der Waals surface area contributed by atoms with Crippen LogP contribution in [0.15, 0.2) is 67.0 Å². The topological polar surface area (TPSA) is 81.9 Å². The van der Waals surface area contributed by atoms with E-state index >= 15 is 0 Å². The number of hydrogen-bond acceptors (Lipinski definition) is 5. The summed E-state index contributed by atoms with van der Waals surface area (Å²) in [7, 11) is 1.89. The molecular weight excluding hydrogens is 326 g/mol. The monoisotopic (exact) mass is 343 g/mol. The molecule has 26 heavy (non-hydrogen) atoms. The zero-order valence-electron chi connectivity index (χ0n) is 14.3. The highest BCUT2D eigenvalue weighted by Gasteiger charge is 2.11. The van der Waals surface area contributed by atoms with Gasteiger partial charge in [0.05, 0.1) is 16.8 Å². The number of hydrogen-bond donors (Lipinski definition) is 1. The first-order valence-corrected chi connectivity index (χ1v) is 8.05. The summed E-state index contributed by atoms with van der Waals surface area (Å²) in [6, 6.07) is 18.9. The summed E-state index contributed by atoms with van der Waals surface area (Å²) in [6.07, 6.45) is 2.96. The predicted octanol–water partition coefficient (Wildman–Crippen LogP) is 3.24. The molecule has 0 atom stereocenters. The van der Waals surface area contributed by atoms with Crippen molar-refractivity contribution in [2.75, 3.05) is 17.3 Å². The van der Waals surface area contributed by atoms with Crippen LogP contribution in [0.25, 0.3) is 0 Å². The molecule has 0 fully saturated rings. The van der Waals surface area contributed by atoms with E-state index in [1.165, 1.54) is 12.4 Å². The fraction of sp³-hybridized carbons (Fsp3) is 0.100. The van der Waals surface area contributed by atoms with Crippen molar-refractivity contribution in [3.05, 3.63) is 83.7 Å². The molecule has 0 saturated heterocycles. The number of para-hydroxylation sites is 1. The molecule has 0 spiro atoms. The SMILES string of the molecule is CN(Cc1ccccc1)c1ncc(C(=O)Nc2ccccc2C#N)cn1. The van der Waals surface area contributed by atoms with Crippen LogP contribution in [0.2, 0.25) is 0 Å². The van der Waals surface area contributed by atoms with Gasteiger partial charge in [-0.05, 0) is 17.7 Å². The number of anilines is 2. The number of aromatic nitrogens is 2. The largest absolute Gasteiger partial charge is 0.340 e. The molecule has 3 rings (SSSR count). The Labute approximate surface area is 151 Å². The molecule has 0 bridgehead atoms. The molecule has 2 aromatic carbocycles. The van der Waals surface area contributed by atoms with Crippen LogP contribution in [0.3, 0.4) is 0 Å². The Morgan fingerprint density at radius 3 is 2.42 bits per heavy atom. The molecule has 0 unspecified atom stereocenters. The van der Waals surface area contributed by atoms with Gasteiger partial charge in [0.2, 0.25) is 5.95 Å². The zero-order valence-corrected chi connectivity index (χ0v) is 14.3. The fourth-order valence-corrected chi connectivity index (χ4v) is 2.45. The van der Waals surface area contributed by atoms with Crippen molar-refractivity contribution in [3.8, 4) is 6.07 Å². The molecule has 0 aliphatic heterocycles. The smallest absolute Gasteiger partial charge is 0.258 e. The van der Waals surface area contributed by atoms with Crippen molar-refractivity contribution < 1.29 is 4.79 Å². The third-order valence-electron chi connectivity index (χ3n) is 3.80. The maximum atomic E-state index is 12.3. The molecule has 1 heterocycles. The van der Waals surface area contributed by atoms with Crippen LogP contribution >= 0.6 is 0 Å². The van der Waals surface area contributed by atoms with Crippen LogP contribution < -0.4 is 10.2 Å². The number of nitrogens with zero attached hydrogens (tertiary/aromatic N) is 4. The normalized spacial score (nSPS) is 10.0. The Kier molecular flexibility index (Phi) is 5.20. The van der Waals surface area contributed by atoms with E-state index in [1.54, 1.807) is 24.3 Å². The van der Waals surface area contributed by atoms with Gasteiger partial charge in [-0.15, -0.1) is 0 Å². The first-order valence-electron chi connectivity index (χ1n) is 8.05. The molecule has 1 aromatic heterocycles. The number of rotatable bonds is 5. The van der Waals surface area contributed by atoms with E-state index in [0.717, 1.165) is 5.56 Å². The van der Waals surface area contributed by atoms with Gasteiger partial charge in [-0.2, -0.15) is 5.26 Å². The summed E-state index contributed by atoms with van der Waals surface area (Å²) in [4.78, 5) is 22.8. The number of nitrogens with one attached hydrogen (secondary N) is 1. The average Bonchev–Trinajstić information content (AvgIpc) is 2.69. The maximum absolute atomic E-state index is 12.3. The minimum atomic E-state index is -0.357. The van der Waals surface area contributed by atoms with Gasteiger partial charge in [0.1, 0.15) is 6.07 Å². The molecule has 0 radical (unpaired) electrons. The van der Waals surface area contributed by atoms with Crippen molar-refractivity contribution in [1.29, 1.82) is 5.26 Å². The van der Waals surface area contributed by atoms with E-state index in [0.29, 0.717) is 29.3 Å². The van der Waals surface area contributed by atoms with E-state index in [4.69, 9.17) is 5.26 Å². The lowest BCUT2D eigenvalue weighted by Crippen LogP contribution is -2.20. The highest BCUT2D eigenvalue weighted by molar-refractivity contribution is 6.04. The molecule has 1 N–H and O–H groups in total. The molecule has 3 aromatic rings. The van der Waals surface area contributed by atoms with Gasteiger partial charge >= 0.3 is 0 Å². The molecule has 0 aliphatic carbocycles. The van der Waals surface area contributed by atoms with Gasteiger partial charge in [0.25, 0.3) is 5.91 Å². The summed E-state index contributed by atoms with van der Waals surface area (Å²) in [5.74, 6) is 0.174. The van der Waals surface area contributed by atoms with Gasteiger partial charge in [-0.1, -0.05) is 42.5 Å². The highest BCUT2D eigenvalue weighted by Crippen LogP contribution is 2.15. The molecule has 0 saturated carbocycles. The quantitative estimate of drug-likeness (QED) is 0.769. The van der Waals surface area contributed by atoms with Crippen LogP contribution in [-0.2, 0) is 6.54 Å². The van der Waals surface area contributed by atoms with Crippen molar-refractivity contribution in [2.24, 2.45) is 0 Å². The lowest BCUT2D eigenvalue weighted by molar-refractivity contribution is 0.102. The van der Waals surface area contributed by atoms with Crippen molar-refractivity contribution in [3.63, 3.8) is 0 Å². The van der Waals surface area contributed by atoms with Crippen LogP contribution in [0.1, 0.15) is 21.5 Å². The molecule has 6 heteroatoms. The first kappa shape index (κ1) is 17.1. The number of carbonyl (C=O) groups excluding carboxylic acids is 1. The van der Waals surface area contributed by atoms with E-state index in [2.05, 4.69) is 15.3 Å². The fourth-order valence-electron chi connectivity index (χ4n) is 2.45. The predicted molar refractivity (Wildman–Crippen MR) is 99.7 cm³/mol. The van der Waals surface area contributed by atoms with Crippen LogP contribution in [-0.4, -0.2) is 22.9 Å². The lowest BCUT2D eigenvalue weighted by Gasteiger charge is -2.17. The van der Waals surface area contributed by atoms with E-state index < -0.39 is 0 Å². The van der Waals surface area contributed by atoms with E-state index in [9.17, 15) is 4.79 Å². The molecule has 128 valence electrons. The lowest BCUT2D eigenvalue weighted by atomic mass is 10.2. The first-order chi connectivity index (χ1) is 12.7.